The summed E-state index contributed by atoms with van der Waals surface area (Å²) in [6, 6.07) is 11.9. The van der Waals surface area contributed by atoms with E-state index in [2.05, 4.69) is 36.3 Å². The van der Waals surface area contributed by atoms with E-state index in [-0.39, 0.29) is 0 Å². The van der Waals surface area contributed by atoms with E-state index in [4.69, 9.17) is 28.2 Å². The lowest BCUT2D eigenvalue weighted by molar-refractivity contribution is 0.861. The molecule has 3 aromatic rings. The SMILES string of the molecule is C=CCn1c(-c2ccc(Cl)cc2Cl)nc2ccc(SCCC)cc21. The van der Waals surface area contributed by atoms with Crippen molar-refractivity contribution in [2.75, 3.05) is 5.75 Å². The Kier molecular flexibility index (Phi) is 5.54. The molecular weight excluding hydrogens is 359 g/mol. The van der Waals surface area contributed by atoms with Crippen LogP contribution in [0, 0.1) is 0 Å². The number of halogens is 2. The molecule has 2 nitrogen and oxygen atoms in total. The molecule has 24 heavy (non-hydrogen) atoms. The quantitative estimate of drug-likeness (QED) is 0.351. The number of nitrogens with zero attached hydrogens (tertiary/aromatic N) is 2. The number of rotatable bonds is 6. The zero-order chi connectivity index (χ0) is 17.1. The fraction of sp³-hybridized carbons (Fsp3) is 0.211. The number of hydrogen-bond donors (Lipinski definition) is 0. The van der Waals surface area contributed by atoms with Gasteiger partial charge in [0.15, 0.2) is 0 Å². The van der Waals surface area contributed by atoms with Gasteiger partial charge in [-0.15, -0.1) is 18.3 Å². The van der Waals surface area contributed by atoms with E-state index in [1.807, 2.05) is 30.0 Å². The summed E-state index contributed by atoms with van der Waals surface area (Å²) in [7, 11) is 0. The van der Waals surface area contributed by atoms with Crippen LogP contribution in [0.25, 0.3) is 22.4 Å². The van der Waals surface area contributed by atoms with Gasteiger partial charge in [-0.2, -0.15) is 0 Å². The molecule has 0 N–H and O–H groups in total. The maximum Gasteiger partial charge on any atom is 0.142 e. The fourth-order valence-electron chi connectivity index (χ4n) is 2.60. The van der Waals surface area contributed by atoms with Gasteiger partial charge in [0.2, 0.25) is 0 Å². The molecule has 0 amide bonds. The van der Waals surface area contributed by atoms with Crippen molar-refractivity contribution in [3.05, 3.63) is 59.1 Å². The number of aromatic nitrogens is 2. The number of hydrogen-bond acceptors (Lipinski definition) is 2. The molecule has 124 valence electrons. The van der Waals surface area contributed by atoms with Crippen molar-refractivity contribution in [2.24, 2.45) is 0 Å². The van der Waals surface area contributed by atoms with Crippen molar-refractivity contribution in [2.45, 2.75) is 24.8 Å². The first-order valence-corrected chi connectivity index (χ1v) is 9.57. The number of fused-ring (bicyclic) bond motifs is 1. The van der Waals surface area contributed by atoms with Gasteiger partial charge < -0.3 is 4.57 Å². The second kappa shape index (κ2) is 7.64. The molecule has 0 atom stereocenters. The van der Waals surface area contributed by atoms with Gasteiger partial charge >= 0.3 is 0 Å². The molecule has 0 spiro atoms. The Morgan fingerprint density at radius 1 is 1.21 bits per heavy atom. The average molecular weight is 377 g/mol. The second-order valence-corrected chi connectivity index (χ2v) is 7.47. The Bertz CT molecular complexity index is 886. The van der Waals surface area contributed by atoms with Crippen molar-refractivity contribution in [1.29, 1.82) is 0 Å². The van der Waals surface area contributed by atoms with E-state index < -0.39 is 0 Å². The smallest absolute Gasteiger partial charge is 0.142 e. The Morgan fingerprint density at radius 2 is 2.04 bits per heavy atom. The van der Waals surface area contributed by atoms with Crippen LogP contribution in [0.5, 0.6) is 0 Å². The first-order valence-electron chi connectivity index (χ1n) is 7.83. The molecule has 0 radical (unpaired) electrons. The third-order valence-corrected chi connectivity index (χ3v) is 5.42. The van der Waals surface area contributed by atoms with Gasteiger partial charge in [0, 0.05) is 22.0 Å². The fourth-order valence-corrected chi connectivity index (χ4v) is 3.89. The largest absolute Gasteiger partial charge is 0.320 e. The summed E-state index contributed by atoms with van der Waals surface area (Å²) < 4.78 is 2.15. The summed E-state index contributed by atoms with van der Waals surface area (Å²) in [4.78, 5) is 6.04. The molecule has 0 bridgehead atoms. The summed E-state index contributed by atoms with van der Waals surface area (Å²) in [6.07, 6.45) is 3.03. The lowest BCUT2D eigenvalue weighted by Gasteiger charge is -2.09. The van der Waals surface area contributed by atoms with Crippen LogP contribution in [0.4, 0.5) is 0 Å². The third-order valence-electron chi connectivity index (χ3n) is 3.68. The van der Waals surface area contributed by atoms with E-state index in [0.717, 1.165) is 34.6 Å². The van der Waals surface area contributed by atoms with Crippen LogP contribution in [-0.2, 0) is 6.54 Å². The van der Waals surface area contributed by atoms with E-state index in [1.54, 1.807) is 6.07 Å². The molecule has 0 fully saturated rings. The van der Waals surface area contributed by atoms with E-state index in [9.17, 15) is 0 Å². The van der Waals surface area contributed by atoms with E-state index in [1.165, 1.54) is 4.90 Å². The predicted octanol–water partition coefficient (Wildman–Crippen LogP) is 6.70. The first kappa shape index (κ1) is 17.4. The molecule has 1 aromatic heterocycles. The highest BCUT2D eigenvalue weighted by atomic mass is 35.5. The maximum atomic E-state index is 6.40. The van der Waals surface area contributed by atoms with Crippen molar-refractivity contribution in [1.82, 2.24) is 9.55 Å². The van der Waals surface area contributed by atoms with Gasteiger partial charge in [0.25, 0.3) is 0 Å². The highest BCUT2D eigenvalue weighted by Crippen LogP contribution is 2.33. The topological polar surface area (TPSA) is 17.8 Å². The van der Waals surface area contributed by atoms with Crippen LogP contribution in [0.15, 0.2) is 53.9 Å². The Hall–Kier alpha value is -1.42. The molecule has 1 heterocycles. The van der Waals surface area contributed by atoms with Gasteiger partial charge in [-0.3, -0.25) is 0 Å². The molecule has 0 saturated heterocycles. The van der Waals surface area contributed by atoms with Crippen molar-refractivity contribution < 1.29 is 0 Å². The first-order chi connectivity index (χ1) is 11.6. The summed E-state index contributed by atoms with van der Waals surface area (Å²) in [5.74, 6) is 1.95. The van der Waals surface area contributed by atoms with Crippen LogP contribution < -0.4 is 0 Å². The minimum absolute atomic E-state index is 0.601. The molecule has 0 saturated carbocycles. The summed E-state index contributed by atoms with van der Waals surface area (Å²) >= 11 is 14.3. The van der Waals surface area contributed by atoms with Crippen LogP contribution in [0.2, 0.25) is 10.0 Å². The molecule has 0 aliphatic rings. The highest BCUT2D eigenvalue weighted by Gasteiger charge is 2.15. The molecule has 5 heteroatoms. The van der Waals surface area contributed by atoms with Crippen molar-refractivity contribution in [3.63, 3.8) is 0 Å². The van der Waals surface area contributed by atoms with Gasteiger partial charge in [-0.05, 0) is 48.6 Å². The Balaban J connectivity index is 2.16. The molecular formula is C19H18Cl2N2S. The van der Waals surface area contributed by atoms with Crippen LogP contribution in [0.3, 0.4) is 0 Å². The average Bonchev–Trinajstić information content (AvgIpc) is 2.91. The Labute approximate surface area is 156 Å². The van der Waals surface area contributed by atoms with Crippen molar-refractivity contribution >= 4 is 46.0 Å². The highest BCUT2D eigenvalue weighted by molar-refractivity contribution is 7.99. The lowest BCUT2D eigenvalue weighted by Crippen LogP contribution is -1.99. The van der Waals surface area contributed by atoms with Crippen LogP contribution in [0.1, 0.15) is 13.3 Å². The van der Waals surface area contributed by atoms with Gasteiger partial charge in [-0.25, -0.2) is 4.98 Å². The molecule has 0 unspecified atom stereocenters. The zero-order valence-electron chi connectivity index (χ0n) is 13.4. The molecule has 0 aliphatic heterocycles. The maximum absolute atomic E-state index is 6.40. The molecule has 0 aliphatic carbocycles. The normalized spacial score (nSPS) is 11.1. The zero-order valence-corrected chi connectivity index (χ0v) is 15.8. The standard InChI is InChI=1S/C19H18Cl2N2S/c1-3-9-23-18-12-14(24-10-4-2)6-8-17(18)22-19(23)15-7-5-13(20)11-16(15)21/h3,5-8,11-12H,1,4,9-10H2,2H3. The summed E-state index contributed by atoms with van der Waals surface area (Å²) in [5.41, 5.74) is 2.93. The van der Waals surface area contributed by atoms with Gasteiger partial charge in [-0.1, -0.05) is 36.2 Å². The monoisotopic (exact) mass is 376 g/mol. The number of benzene rings is 2. The number of thioether (sulfide) groups is 1. The summed E-state index contributed by atoms with van der Waals surface area (Å²) in [5, 5.41) is 1.22. The molecule has 2 aromatic carbocycles. The minimum atomic E-state index is 0.601. The number of allylic oxidation sites excluding steroid dienone is 1. The summed E-state index contributed by atoms with van der Waals surface area (Å²) in [6.45, 7) is 6.74. The van der Waals surface area contributed by atoms with Crippen LogP contribution >= 0.6 is 35.0 Å². The lowest BCUT2D eigenvalue weighted by atomic mass is 10.2. The van der Waals surface area contributed by atoms with Gasteiger partial charge in [0.05, 0.1) is 16.1 Å². The third kappa shape index (κ3) is 3.49. The van der Waals surface area contributed by atoms with Crippen molar-refractivity contribution in [3.8, 4) is 11.4 Å². The minimum Gasteiger partial charge on any atom is -0.320 e. The predicted molar refractivity (Wildman–Crippen MR) is 106 cm³/mol. The van der Waals surface area contributed by atoms with E-state index >= 15 is 0 Å². The second-order valence-electron chi connectivity index (χ2n) is 5.46. The van der Waals surface area contributed by atoms with E-state index in [0.29, 0.717) is 16.6 Å². The molecule has 3 rings (SSSR count). The Morgan fingerprint density at radius 3 is 2.75 bits per heavy atom. The van der Waals surface area contributed by atoms with Gasteiger partial charge in [0.1, 0.15) is 5.82 Å². The van der Waals surface area contributed by atoms with Crippen LogP contribution in [-0.4, -0.2) is 15.3 Å². The number of imidazole rings is 1.